The smallest absolute Gasteiger partial charge is 0.267 e. The van der Waals surface area contributed by atoms with E-state index in [0.29, 0.717) is 11.5 Å². The van der Waals surface area contributed by atoms with E-state index >= 15 is 0 Å². The van der Waals surface area contributed by atoms with Crippen LogP contribution in [0.25, 0.3) is 16.8 Å². The van der Waals surface area contributed by atoms with Crippen molar-refractivity contribution in [2.75, 3.05) is 6.61 Å². The minimum absolute atomic E-state index is 0.0116. The Morgan fingerprint density at radius 2 is 1.76 bits per heavy atom. The zero-order valence-electron chi connectivity index (χ0n) is 20.4. The van der Waals surface area contributed by atoms with Gasteiger partial charge in [-0.1, -0.05) is 68.3 Å². The zero-order valence-corrected chi connectivity index (χ0v) is 21.2. The van der Waals surface area contributed by atoms with E-state index in [1.54, 1.807) is 0 Å². The summed E-state index contributed by atoms with van der Waals surface area (Å²) in [5.74, 6) is 0.900. The molecule has 0 N–H and O–H groups in total. The molecule has 0 aliphatic carbocycles. The van der Waals surface area contributed by atoms with Crippen molar-refractivity contribution in [3.05, 3.63) is 76.7 Å². The standard InChI is InChI=1S/C29H32N2O2S/c1-5-7-18-33-26-17-14-22(24-10-8-9-11-25(24)26)19-27-28(32)31(21(4)6-2)29(34-27)30-23-15-12-20(3)13-16-23/h8-17,19,21H,5-7,18H2,1-4H3/b27-19+,30-29?/t21-/m0/s1. The summed E-state index contributed by atoms with van der Waals surface area (Å²) in [7, 11) is 0. The van der Waals surface area contributed by atoms with Crippen LogP contribution in [0.2, 0.25) is 0 Å². The third-order valence-corrected chi connectivity index (χ3v) is 7.07. The Kier molecular flexibility index (Phi) is 7.73. The van der Waals surface area contributed by atoms with Crippen LogP contribution in [0.5, 0.6) is 5.75 Å². The minimum atomic E-state index is 0.0116. The van der Waals surface area contributed by atoms with Crippen LogP contribution in [0.3, 0.4) is 0 Å². The number of thioether (sulfide) groups is 1. The van der Waals surface area contributed by atoms with Crippen molar-refractivity contribution >= 4 is 45.4 Å². The number of carbonyl (C=O) groups excluding carboxylic acids is 1. The number of unbranched alkanes of at least 4 members (excludes halogenated alkanes) is 1. The molecule has 4 rings (SSSR count). The molecule has 176 valence electrons. The lowest BCUT2D eigenvalue weighted by atomic mass is 10.0. The van der Waals surface area contributed by atoms with E-state index in [-0.39, 0.29) is 11.9 Å². The van der Waals surface area contributed by atoms with Crippen molar-refractivity contribution < 1.29 is 9.53 Å². The van der Waals surface area contributed by atoms with Crippen LogP contribution < -0.4 is 4.74 Å². The SMILES string of the molecule is CCCCOc1ccc(/C=C2/SC(=Nc3ccc(C)cc3)N([C@@H](C)CC)C2=O)c2ccccc12. The zero-order chi connectivity index (χ0) is 24.1. The lowest BCUT2D eigenvalue weighted by molar-refractivity contribution is -0.123. The third kappa shape index (κ3) is 5.20. The summed E-state index contributed by atoms with van der Waals surface area (Å²) in [5, 5.41) is 2.88. The first-order valence-corrected chi connectivity index (χ1v) is 12.9. The van der Waals surface area contributed by atoms with Gasteiger partial charge in [0.1, 0.15) is 5.75 Å². The van der Waals surface area contributed by atoms with E-state index in [1.807, 2.05) is 59.5 Å². The quantitative estimate of drug-likeness (QED) is 0.249. The van der Waals surface area contributed by atoms with Gasteiger partial charge in [0.25, 0.3) is 5.91 Å². The molecule has 3 aromatic carbocycles. The molecule has 3 aromatic rings. The van der Waals surface area contributed by atoms with Gasteiger partial charge in [-0.15, -0.1) is 0 Å². The average Bonchev–Trinajstić information content (AvgIpc) is 3.15. The molecule has 0 unspecified atom stereocenters. The van der Waals surface area contributed by atoms with E-state index < -0.39 is 0 Å². The monoisotopic (exact) mass is 472 g/mol. The van der Waals surface area contributed by atoms with Crippen molar-refractivity contribution in [1.29, 1.82) is 0 Å². The number of fused-ring (bicyclic) bond motifs is 1. The van der Waals surface area contributed by atoms with Crippen LogP contribution in [0.4, 0.5) is 5.69 Å². The molecule has 0 radical (unpaired) electrons. The Hall–Kier alpha value is -3.05. The minimum Gasteiger partial charge on any atom is -0.493 e. The molecule has 0 spiro atoms. The molecule has 1 aliphatic heterocycles. The van der Waals surface area contributed by atoms with E-state index in [9.17, 15) is 4.79 Å². The maximum absolute atomic E-state index is 13.5. The Labute approximate surface area is 206 Å². The molecule has 1 heterocycles. The molecule has 1 aliphatic rings. The number of nitrogens with zero attached hydrogens (tertiary/aromatic N) is 2. The molecule has 1 fully saturated rings. The highest BCUT2D eigenvalue weighted by Gasteiger charge is 2.36. The van der Waals surface area contributed by atoms with Crippen LogP contribution in [0, 0.1) is 6.92 Å². The summed E-state index contributed by atoms with van der Waals surface area (Å²) < 4.78 is 6.04. The first-order chi connectivity index (χ1) is 16.5. The topological polar surface area (TPSA) is 41.9 Å². The number of rotatable bonds is 8. The second kappa shape index (κ2) is 10.9. The molecule has 0 aromatic heterocycles. The van der Waals surface area contributed by atoms with Crippen LogP contribution in [0.1, 0.15) is 51.2 Å². The van der Waals surface area contributed by atoms with Gasteiger partial charge in [0, 0.05) is 11.4 Å². The summed E-state index contributed by atoms with van der Waals surface area (Å²) >= 11 is 1.45. The molecular formula is C29H32N2O2S. The van der Waals surface area contributed by atoms with Gasteiger partial charge in [0.15, 0.2) is 5.17 Å². The van der Waals surface area contributed by atoms with Crippen LogP contribution in [0.15, 0.2) is 70.6 Å². The fraction of sp³-hybridized carbons (Fsp3) is 0.310. The summed E-state index contributed by atoms with van der Waals surface area (Å²) in [6.45, 7) is 9.09. The number of aliphatic imine (C=N–C) groups is 1. The van der Waals surface area contributed by atoms with E-state index in [0.717, 1.165) is 52.2 Å². The van der Waals surface area contributed by atoms with Gasteiger partial charge in [-0.3, -0.25) is 9.69 Å². The normalized spacial score (nSPS) is 17.2. The number of hydrogen-bond donors (Lipinski definition) is 0. The first-order valence-electron chi connectivity index (χ1n) is 12.0. The molecule has 4 nitrogen and oxygen atoms in total. The molecule has 34 heavy (non-hydrogen) atoms. The fourth-order valence-electron chi connectivity index (χ4n) is 3.88. The van der Waals surface area contributed by atoms with Crippen molar-refractivity contribution in [3.8, 4) is 5.75 Å². The Balaban J connectivity index is 1.72. The number of amidine groups is 1. The van der Waals surface area contributed by atoms with Gasteiger partial charge in [-0.25, -0.2) is 4.99 Å². The van der Waals surface area contributed by atoms with Gasteiger partial charge in [0.2, 0.25) is 0 Å². The second-order valence-corrected chi connectivity index (χ2v) is 9.68. The lowest BCUT2D eigenvalue weighted by Gasteiger charge is -2.22. The molecule has 1 atom stereocenters. The number of ether oxygens (including phenoxy) is 1. The maximum Gasteiger partial charge on any atom is 0.267 e. The highest BCUT2D eigenvalue weighted by Crippen LogP contribution is 2.38. The van der Waals surface area contributed by atoms with Crippen molar-refractivity contribution in [1.82, 2.24) is 4.90 Å². The Morgan fingerprint density at radius 1 is 1.03 bits per heavy atom. The summed E-state index contributed by atoms with van der Waals surface area (Å²) in [6.07, 6.45) is 4.98. The lowest BCUT2D eigenvalue weighted by Crippen LogP contribution is -2.36. The van der Waals surface area contributed by atoms with Crippen molar-refractivity contribution in [3.63, 3.8) is 0 Å². The van der Waals surface area contributed by atoms with E-state index in [2.05, 4.69) is 39.8 Å². The fourth-order valence-corrected chi connectivity index (χ4v) is 4.96. The van der Waals surface area contributed by atoms with Crippen molar-refractivity contribution in [2.24, 2.45) is 4.99 Å². The Morgan fingerprint density at radius 3 is 2.47 bits per heavy atom. The number of benzene rings is 3. The first kappa shape index (κ1) is 24.1. The number of hydrogen-bond acceptors (Lipinski definition) is 4. The summed E-state index contributed by atoms with van der Waals surface area (Å²) in [4.78, 5) is 20.8. The predicted molar refractivity (Wildman–Crippen MR) is 145 cm³/mol. The summed E-state index contributed by atoms with van der Waals surface area (Å²) in [6, 6.07) is 20.4. The van der Waals surface area contributed by atoms with Gasteiger partial charge in [-0.05, 0) is 73.7 Å². The third-order valence-electron chi connectivity index (χ3n) is 6.09. The largest absolute Gasteiger partial charge is 0.493 e. The molecule has 1 amide bonds. The van der Waals surface area contributed by atoms with E-state index in [4.69, 9.17) is 9.73 Å². The van der Waals surface area contributed by atoms with Gasteiger partial charge >= 0.3 is 0 Å². The predicted octanol–water partition coefficient (Wildman–Crippen LogP) is 7.73. The highest BCUT2D eigenvalue weighted by molar-refractivity contribution is 8.18. The second-order valence-electron chi connectivity index (χ2n) is 8.67. The molecule has 5 heteroatoms. The van der Waals surface area contributed by atoms with E-state index in [1.165, 1.54) is 17.3 Å². The van der Waals surface area contributed by atoms with Gasteiger partial charge in [-0.2, -0.15) is 0 Å². The van der Waals surface area contributed by atoms with Crippen LogP contribution in [-0.4, -0.2) is 28.6 Å². The number of aryl methyl sites for hydroxylation is 1. The molecule has 1 saturated heterocycles. The highest BCUT2D eigenvalue weighted by atomic mass is 32.2. The Bertz CT molecular complexity index is 1230. The number of amides is 1. The molecule has 0 bridgehead atoms. The summed E-state index contributed by atoms with van der Waals surface area (Å²) in [5.41, 5.74) is 3.05. The van der Waals surface area contributed by atoms with Crippen LogP contribution >= 0.6 is 11.8 Å². The van der Waals surface area contributed by atoms with Crippen LogP contribution in [-0.2, 0) is 4.79 Å². The maximum atomic E-state index is 13.5. The van der Waals surface area contributed by atoms with Gasteiger partial charge in [0.05, 0.1) is 17.2 Å². The van der Waals surface area contributed by atoms with Crippen molar-refractivity contribution in [2.45, 2.75) is 53.0 Å². The average molecular weight is 473 g/mol. The number of carbonyl (C=O) groups is 1. The van der Waals surface area contributed by atoms with Gasteiger partial charge < -0.3 is 4.74 Å². The molecule has 0 saturated carbocycles. The molecular weight excluding hydrogens is 440 g/mol.